The molecule has 0 aliphatic carbocycles. The van der Waals surface area contributed by atoms with Gasteiger partial charge in [0.25, 0.3) is 20.2 Å². The van der Waals surface area contributed by atoms with Gasteiger partial charge in [-0.1, -0.05) is 51.3 Å². The van der Waals surface area contributed by atoms with E-state index in [1.165, 1.54) is 12.1 Å². The molecule has 53 heavy (non-hydrogen) atoms. The van der Waals surface area contributed by atoms with Crippen LogP contribution in [0.25, 0.3) is 0 Å². The quantitative estimate of drug-likeness (QED) is 0.0357. The maximum Gasteiger partial charge on any atom is 0.294 e. The van der Waals surface area contributed by atoms with Crippen molar-refractivity contribution in [1.29, 1.82) is 0 Å². The number of aliphatic imine (C=N–C) groups is 2. The standard InChI is InChI=1S/C39H48N4O6S4/c1-38(2)32-26-30(52(44,45)46)18-20-34(32)42(24-14-7-5-12-22-40-28-50)36(38)16-10-9-11-17-37-39(3,4)33-27-31(53(47,48)49)19-21-35(33)43(37)25-15-8-6-13-23-41-29-51/h9-11,16-21,26-27H,5-8,12-15,22-25H2,1-4H3,(H-,44,45,46,47,48,49)/p+1. The molecule has 0 spiro atoms. The Bertz CT molecular complexity index is 2120. The van der Waals surface area contributed by atoms with E-state index in [1.54, 1.807) is 24.3 Å². The molecule has 0 bridgehead atoms. The van der Waals surface area contributed by atoms with Crippen LogP contribution in [0.1, 0.15) is 90.2 Å². The zero-order chi connectivity index (χ0) is 38.9. The smallest absolute Gasteiger partial charge is 0.294 e. The highest BCUT2D eigenvalue weighted by Crippen LogP contribution is 2.48. The van der Waals surface area contributed by atoms with E-state index in [1.807, 2.05) is 18.2 Å². The van der Waals surface area contributed by atoms with Gasteiger partial charge < -0.3 is 4.90 Å². The molecule has 0 amide bonds. The summed E-state index contributed by atoms with van der Waals surface area (Å²) in [6, 6.07) is 9.56. The van der Waals surface area contributed by atoms with Gasteiger partial charge in [-0.3, -0.25) is 9.11 Å². The number of nitrogens with zero attached hydrogens (tertiary/aromatic N) is 4. The summed E-state index contributed by atoms with van der Waals surface area (Å²) in [5, 5.41) is 4.81. The number of fused-ring (bicyclic) bond motifs is 2. The lowest BCUT2D eigenvalue weighted by molar-refractivity contribution is -0.438. The first-order valence-corrected chi connectivity index (χ1v) is 21.5. The number of hydrogen-bond acceptors (Lipinski definition) is 9. The van der Waals surface area contributed by atoms with Gasteiger partial charge in [0.2, 0.25) is 5.69 Å². The zero-order valence-electron chi connectivity index (χ0n) is 30.8. The average Bonchev–Trinajstić information content (AvgIpc) is 3.44. The Morgan fingerprint density at radius 2 is 1.30 bits per heavy atom. The summed E-state index contributed by atoms with van der Waals surface area (Å²) in [6.07, 6.45) is 17.7. The highest BCUT2D eigenvalue weighted by atomic mass is 32.2. The normalized spacial score (nSPS) is 17.0. The number of allylic oxidation sites excluding steroid dienone is 6. The van der Waals surface area contributed by atoms with Crippen molar-refractivity contribution in [3.8, 4) is 0 Å². The van der Waals surface area contributed by atoms with Crippen LogP contribution in [0.4, 0.5) is 11.4 Å². The second-order valence-corrected chi connectivity index (χ2v) is 17.5. The minimum atomic E-state index is -4.37. The molecule has 284 valence electrons. The predicted octanol–water partition coefficient (Wildman–Crippen LogP) is 8.68. The van der Waals surface area contributed by atoms with Crippen molar-refractivity contribution in [1.82, 2.24) is 0 Å². The van der Waals surface area contributed by atoms with E-state index in [4.69, 9.17) is 0 Å². The fourth-order valence-corrected chi connectivity index (χ4v) is 8.39. The van der Waals surface area contributed by atoms with Crippen molar-refractivity contribution in [3.63, 3.8) is 0 Å². The third-order valence-electron chi connectivity index (χ3n) is 9.99. The van der Waals surface area contributed by atoms with Crippen LogP contribution >= 0.6 is 24.4 Å². The summed E-state index contributed by atoms with van der Waals surface area (Å²) >= 11 is 9.32. The third kappa shape index (κ3) is 10.4. The summed E-state index contributed by atoms with van der Waals surface area (Å²) in [7, 11) is -8.74. The lowest BCUT2D eigenvalue weighted by atomic mass is 9.81. The third-order valence-corrected chi connectivity index (χ3v) is 11.9. The SMILES string of the molecule is CC1(C)C(/C=C/C=C/C=C2/N(CCCCCCN=C=S)c3ccc(S(=O)(=O)O)cc3C2(C)C)=[N+](CCCCCCN=C=S)c2ccc(S(=O)(=O)O)cc21. The van der Waals surface area contributed by atoms with Gasteiger partial charge in [0, 0.05) is 60.6 Å². The first kappa shape index (κ1) is 42.3. The van der Waals surface area contributed by atoms with Crippen LogP contribution in [0.15, 0.2) is 92.3 Å². The Labute approximate surface area is 325 Å². The van der Waals surface area contributed by atoms with E-state index in [0.717, 1.165) is 98.4 Å². The van der Waals surface area contributed by atoms with Crippen molar-refractivity contribution in [2.45, 2.75) is 99.7 Å². The molecule has 0 saturated heterocycles. The van der Waals surface area contributed by atoms with Crippen molar-refractivity contribution < 1.29 is 30.5 Å². The Kier molecular flexibility index (Phi) is 14.6. The summed E-state index contributed by atoms with van der Waals surface area (Å²) in [4.78, 5) is 9.95. The van der Waals surface area contributed by atoms with Crippen LogP contribution in [0.2, 0.25) is 0 Å². The molecule has 0 fully saturated rings. The number of isothiocyanates is 2. The van der Waals surface area contributed by atoms with Crippen molar-refractivity contribution in [2.24, 2.45) is 9.98 Å². The molecule has 2 aromatic carbocycles. The first-order valence-electron chi connectivity index (χ1n) is 17.8. The lowest BCUT2D eigenvalue weighted by Crippen LogP contribution is -2.28. The summed E-state index contributed by atoms with van der Waals surface area (Å²) in [5.41, 5.74) is 4.40. The molecule has 2 aliphatic heterocycles. The highest BCUT2D eigenvalue weighted by molar-refractivity contribution is 7.86. The number of hydrogen-bond donors (Lipinski definition) is 2. The van der Waals surface area contributed by atoms with E-state index in [0.29, 0.717) is 13.1 Å². The summed E-state index contributed by atoms with van der Waals surface area (Å²) in [5.74, 6) is 0. The molecule has 10 nitrogen and oxygen atoms in total. The van der Waals surface area contributed by atoms with Crippen LogP contribution in [0.3, 0.4) is 0 Å². The van der Waals surface area contributed by atoms with Crippen molar-refractivity contribution in [3.05, 3.63) is 83.6 Å². The second kappa shape index (κ2) is 18.3. The van der Waals surface area contributed by atoms with Gasteiger partial charge in [-0.25, -0.2) is 9.98 Å². The van der Waals surface area contributed by atoms with E-state index in [9.17, 15) is 25.9 Å². The van der Waals surface area contributed by atoms with Gasteiger partial charge >= 0.3 is 0 Å². The van der Waals surface area contributed by atoms with Gasteiger partial charge in [0.05, 0.1) is 25.5 Å². The molecule has 0 aromatic heterocycles. The topological polar surface area (TPSA) is 140 Å². The van der Waals surface area contributed by atoms with E-state index >= 15 is 0 Å². The molecule has 2 N–H and O–H groups in total. The van der Waals surface area contributed by atoms with E-state index in [-0.39, 0.29) is 9.79 Å². The fraction of sp³-hybridized carbons (Fsp3) is 0.462. The van der Waals surface area contributed by atoms with Gasteiger partial charge in [-0.05, 0) is 106 Å². The molecule has 4 rings (SSSR count). The molecule has 2 aliphatic rings. The predicted molar refractivity (Wildman–Crippen MR) is 219 cm³/mol. The molecule has 0 radical (unpaired) electrons. The molecule has 0 unspecified atom stereocenters. The first-order chi connectivity index (χ1) is 25.0. The molecule has 0 saturated carbocycles. The van der Waals surface area contributed by atoms with Crippen LogP contribution < -0.4 is 4.90 Å². The largest absolute Gasteiger partial charge is 0.344 e. The van der Waals surface area contributed by atoms with Crippen LogP contribution in [-0.2, 0) is 31.1 Å². The maximum atomic E-state index is 12.0. The van der Waals surface area contributed by atoms with E-state index in [2.05, 4.69) is 94.1 Å². The van der Waals surface area contributed by atoms with Crippen LogP contribution in [0, 0.1) is 0 Å². The second-order valence-electron chi connectivity index (χ2n) is 14.3. The number of thiocarbonyl (C=S) groups is 2. The Balaban J connectivity index is 1.62. The molecular weight excluding hydrogens is 749 g/mol. The molecule has 14 heteroatoms. The average molecular weight is 798 g/mol. The van der Waals surface area contributed by atoms with Crippen LogP contribution in [0.5, 0.6) is 0 Å². The van der Waals surface area contributed by atoms with Crippen molar-refractivity contribution >= 4 is 72.1 Å². The Morgan fingerprint density at radius 1 is 0.736 bits per heavy atom. The zero-order valence-corrected chi connectivity index (χ0v) is 34.1. The van der Waals surface area contributed by atoms with Crippen LogP contribution in [-0.4, -0.2) is 72.7 Å². The maximum absolute atomic E-state index is 12.0. The number of rotatable bonds is 19. The minimum absolute atomic E-state index is 0.131. The summed E-state index contributed by atoms with van der Waals surface area (Å²) in [6.45, 7) is 11.0. The minimum Gasteiger partial charge on any atom is -0.344 e. The van der Waals surface area contributed by atoms with Gasteiger partial charge in [0.15, 0.2) is 5.71 Å². The Morgan fingerprint density at radius 3 is 1.91 bits per heavy atom. The number of unbranched alkanes of at least 4 members (excludes halogenated alkanes) is 6. The molecular formula is C39H49N4O6S4+. The van der Waals surface area contributed by atoms with Gasteiger partial charge in [-0.2, -0.15) is 21.4 Å². The monoisotopic (exact) mass is 797 g/mol. The number of benzene rings is 2. The van der Waals surface area contributed by atoms with Gasteiger partial charge in [0.1, 0.15) is 6.54 Å². The molecule has 2 aromatic rings. The molecule has 2 heterocycles. The molecule has 0 atom stereocenters. The van der Waals surface area contributed by atoms with Gasteiger partial charge in [-0.15, -0.1) is 0 Å². The fourth-order valence-electron chi connectivity index (χ4n) is 7.19. The van der Waals surface area contributed by atoms with E-state index < -0.39 is 31.1 Å². The number of anilines is 1. The summed E-state index contributed by atoms with van der Waals surface area (Å²) < 4.78 is 70.0. The lowest BCUT2D eigenvalue weighted by Gasteiger charge is -2.27. The highest BCUT2D eigenvalue weighted by Gasteiger charge is 2.45. The van der Waals surface area contributed by atoms with Crippen molar-refractivity contribution in [2.75, 3.05) is 31.1 Å². The Hall–Kier alpha value is -3.45.